The maximum absolute atomic E-state index is 12.2. The van der Waals surface area contributed by atoms with Gasteiger partial charge in [0.05, 0.1) is 17.6 Å². The van der Waals surface area contributed by atoms with Crippen LogP contribution in [0.2, 0.25) is 0 Å². The predicted molar refractivity (Wildman–Crippen MR) is 90.8 cm³/mol. The predicted octanol–water partition coefficient (Wildman–Crippen LogP) is 3.24. The van der Waals surface area contributed by atoms with Gasteiger partial charge in [0.2, 0.25) is 0 Å². The normalized spacial score (nSPS) is 18.9. The van der Waals surface area contributed by atoms with Gasteiger partial charge in [-0.2, -0.15) is 0 Å². The van der Waals surface area contributed by atoms with Crippen LogP contribution in [-0.4, -0.2) is 40.7 Å². The number of carbonyl (C=O) groups is 1. The maximum atomic E-state index is 12.2. The van der Waals surface area contributed by atoms with Crippen molar-refractivity contribution in [2.45, 2.75) is 45.3 Å². The summed E-state index contributed by atoms with van der Waals surface area (Å²) in [7, 11) is 0. The van der Waals surface area contributed by atoms with Crippen molar-refractivity contribution in [1.29, 1.82) is 0 Å². The molecule has 0 saturated carbocycles. The van der Waals surface area contributed by atoms with E-state index in [9.17, 15) is 4.79 Å². The van der Waals surface area contributed by atoms with E-state index < -0.39 is 5.60 Å². The number of pyridine rings is 1. The Balaban J connectivity index is 1.98. The number of halogens is 1. The second-order valence-electron chi connectivity index (χ2n) is 6.50. The van der Waals surface area contributed by atoms with Gasteiger partial charge < -0.3 is 20.7 Å². The highest BCUT2D eigenvalue weighted by Crippen LogP contribution is 2.24. The highest BCUT2D eigenvalue weighted by Gasteiger charge is 2.27. The Morgan fingerprint density at radius 2 is 2.27 bits per heavy atom. The Bertz CT molecular complexity index is 545. The third-order valence-electron chi connectivity index (χ3n) is 3.33. The number of amides is 1. The fourth-order valence-electron chi connectivity index (χ4n) is 2.37. The molecule has 1 amide bonds. The lowest BCUT2D eigenvalue weighted by Crippen LogP contribution is -2.47. The van der Waals surface area contributed by atoms with Gasteiger partial charge >= 0.3 is 6.09 Å². The summed E-state index contributed by atoms with van der Waals surface area (Å²) in [4.78, 5) is 18.0. The number of ether oxygens (including phenoxy) is 1. The number of hydrogen-bond acceptors (Lipinski definition) is 5. The third-order valence-corrected chi connectivity index (χ3v) is 3.77. The number of aromatic nitrogens is 1. The molecule has 2 heterocycles. The zero-order chi connectivity index (χ0) is 16.3. The zero-order valence-corrected chi connectivity index (χ0v) is 14.8. The fraction of sp³-hybridized carbons (Fsp3) is 0.600. The first-order chi connectivity index (χ1) is 10.2. The van der Waals surface area contributed by atoms with Gasteiger partial charge in [-0.3, -0.25) is 0 Å². The van der Waals surface area contributed by atoms with Crippen molar-refractivity contribution in [3.8, 4) is 0 Å². The van der Waals surface area contributed by atoms with E-state index in [1.165, 1.54) is 0 Å². The molecule has 1 aliphatic heterocycles. The first-order valence-electron chi connectivity index (χ1n) is 7.40. The fourth-order valence-corrected chi connectivity index (χ4v) is 2.70. The molecule has 2 rings (SSSR count). The van der Waals surface area contributed by atoms with Crippen molar-refractivity contribution < 1.29 is 9.53 Å². The Morgan fingerprint density at radius 1 is 1.55 bits per heavy atom. The van der Waals surface area contributed by atoms with Gasteiger partial charge in [-0.05, 0) is 55.6 Å². The van der Waals surface area contributed by atoms with Gasteiger partial charge in [0.25, 0.3) is 0 Å². The molecule has 0 spiro atoms. The third kappa shape index (κ3) is 4.76. The van der Waals surface area contributed by atoms with E-state index >= 15 is 0 Å². The molecule has 1 aromatic rings. The number of rotatable bonds is 2. The van der Waals surface area contributed by atoms with E-state index in [0.717, 1.165) is 29.7 Å². The Kier molecular flexibility index (Phi) is 5.16. The molecule has 1 fully saturated rings. The van der Waals surface area contributed by atoms with Crippen molar-refractivity contribution in [3.63, 3.8) is 0 Å². The smallest absolute Gasteiger partial charge is 0.410 e. The van der Waals surface area contributed by atoms with E-state index in [4.69, 9.17) is 10.5 Å². The van der Waals surface area contributed by atoms with Crippen LogP contribution < -0.4 is 11.1 Å². The van der Waals surface area contributed by atoms with Crippen LogP contribution in [0, 0.1) is 0 Å². The summed E-state index contributed by atoms with van der Waals surface area (Å²) in [5, 5.41) is 3.39. The van der Waals surface area contributed by atoms with E-state index in [1.54, 1.807) is 11.1 Å². The van der Waals surface area contributed by atoms with Crippen molar-refractivity contribution in [2.24, 2.45) is 0 Å². The van der Waals surface area contributed by atoms with E-state index in [2.05, 4.69) is 26.2 Å². The minimum atomic E-state index is -0.474. The summed E-state index contributed by atoms with van der Waals surface area (Å²) in [6.07, 6.45) is 3.27. The van der Waals surface area contributed by atoms with Crippen molar-refractivity contribution >= 4 is 33.4 Å². The summed E-state index contributed by atoms with van der Waals surface area (Å²) in [5.41, 5.74) is 6.89. The second kappa shape index (κ2) is 6.73. The number of hydrogen-bond donors (Lipinski definition) is 2. The first-order valence-corrected chi connectivity index (χ1v) is 8.19. The molecule has 0 unspecified atom stereocenters. The molecule has 7 heteroatoms. The molecule has 6 nitrogen and oxygen atoms in total. The number of carbonyl (C=O) groups excluding carboxylic acids is 1. The van der Waals surface area contributed by atoms with E-state index in [0.29, 0.717) is 12.2 Å². The van der Waals surface area contributed by atoms with Crippen LogP contribution >= 0.6 is 15.9 Å². The number of nitrogens with zero attached hydrogens (tertiary/aromatic N) is 2. The number of likely N-dealkylation sites (tertiary alicyclic amines) is 1. The Labute approximate surface area is 139 Å². The van der Waals surface area contributed by atoms with Gasteiger partial charge in [-0.25, -0.2) is 9.78 Å². The lowest BCUT2D eigenvalue weighted by atomic mass is 10.1. The molecule has 1 aliphatic rings. The highest BCUT2D eigenvalue weighted by molar-refractivity contribution is 9.10. The number of nitrogens with one attached hydrogen (secondary N) is 1. The molecule has 1 aromatic heterocycles. The number of nitrogen functional groups attached to an aromatic ring is 1. The van der Waals surface area contributed by atoms with Gasteiger partial charge in [0.1, 0.15) is 10.2 Å². The molecule has 3 N–H and O–H groups in total. The highest BCUT2D eigenvalue weighted by atomic mass is 79.9. The van der Waals surface area contributed by atoms with E-state index in [-0.39, 0.29) is 12.1 Å². The molecule has 0 radical (unpaired) electrons. The average Bonchev–Trinajstić information content (AvgIpc) is 2.41. The minimum absolute atomic E-state index is 0.151. The van der Waals surface area contributed by atoms with Crippen LogP contribution in [-0.2, 0) is 4.74 Å². The standard InChI is InChI=1S/C15H23BrN4O2/c1-15(2,3)22-14(21)20-6-4-5-10(9-20)19-12-7-13(16)18-8-11(12)17/h7-8,10H,4-6,9,17H2,1-3H3,(H,18,19)/t10-/m0/s1. The molecule has 0 bridgehead atoms. The molecule has 0 aliphatic carbocycles. The minimum Gasteiger partial charge on any atom is -0.444 e. The van der Waals surface area contributed by atoms with Gasteiger partial charge in [0.15, 0.2) is 0 Å². The van der Waals surface area contributed by atoms with Crippen molar-refractivity contribution in [1.82, 2.24) is 9.88 Å². The second-order valence-corrected chi connectivity index (χ2v) is 7.32. The lowest BCUT2D eigenvalue weighted by Gasteiger charge is -2.35. The van der Waals surface area contributed by atoms with Crippen molar-refractivity contribution in [3.05, 3.63) is 16.9 Å². The van der Waals surface area contributed by atoms with Crippen LogP contribution in [0.25, 0.3) is 0 Å². The molecule has 0 aromatic carbocycles. The van der Waals surface area contributed by atoms with Crippen LogP contribution in [0.15, 0.2) is 16.9 Å². The van der Waals surface area contributed by atoms with Crippen LogP contribution in [0.4, 0.5) is 16.2 Å². The zero-order valence-electron chi connectivity index (χ0n) is 13.2. The molecule has 122 valence electrons. The first kappa shape index (κ1) is 16.9. The van der Waals surface area contributed by atoms with E-state index in [1.807, 2.05) is 26.8 Å². The average molecular weight is 371 g/mol. The summed E-state index contributed by atoms with van der Waals surface area (Å²) in [5.74, 6) is 0. The lowest BCUT2D eigenvalue weighted by molar-refractivity contribution is 0.0206. The largest absolute Gasteiger partial charge is 0.444 e. The summed E-state index contributed by atoms with van der Waals surface area (Å²) < 4.78 is 6.16. The SMILES string of the molecule is CC(C)(C)OC(=O)N1CCC[C@H](Nc2cc(Br)ncc2N)C1. The monoisotopic (exact) mass is 370 g/mol. The summed E-state index contributed by atoms with van der Waals surface area (Å²) >= 11 is 3.34. The quantitative estimate of drug-likeness (QED) is 0.781. The van der Waals surface area contributed by atoms with Crippen LogP contribution in [0.1, 0.15) is 33.6 Å². The molecule has 1 saturated heterocycles. The van der Waals surface area contributed by atoms with Gasteiger partial charge in [0, 0.05) is 19.1 Å². The van der Waals surface area contributed by atoms with Crippen LogP contribution in [0.3, 0.4) is 0 Å². The molecular formula is C15H23BrN4O2. The van der Waals surface area contributed by atoms with Crippen molar-refractivity contribution in [2.75, 3.05) is 24.1 Å². The van der Waals surface area contributed by atoms with Crippen LogP contribution in [0.5, 0.6) is 0 Å². The van der Waals surface area contributed by atoms with Gasteiger partial charge in [-0.15, -0.1) is 0 Å². The number of piperidine rings is 1. The number of nitrogens with two attached hydrogens (primary N) is 1. The Hall–Kier alpha value is -1.50. The maximum Gasteiger partial charge on any atom is 0.410 e. The molecule has 22 heavy (non-hydrogen) atoms. The molecular weight excluding hydrogens is 348 g/mol. The summed E-state index contributed by atoms with van der Waals surface area (Å²) in [6.45, 7) is 6.95. The number of anilines is 2. The topological polar surface area (TPSA) is 80.5 Å². The summed E-state index contributed by atoms with van der Waals surface area (Å²) in [6, 6.07) is 2.00. The van der Waals surface area contributed by atoms with Gasteiger partial charge in [-0.1, -0.05) is 0 Å². The Morgan fingerprint density at radius 3 is 2.95 bits per heavy atom. The molecule has 1 atom stereocenters.